The number of carbonyl (C=O) groups excluding carboxylic acids is 8. The molecule has 268 valence electrons. The van der Waals surface area contributed by atoms with Gasteiger partial charge in [0.2, 0.25) is 0 Å². The van der Waals surface area contributed by atoms with Gasteiger partial charge in [-0.05, 0) is 12.8 Å². The molecule has 0 aromatic heterocycles. The summed E-state index contributed by atoms with van der Waals surface area (Å²) in [5.41, 5.74) is -0.750. The van der Waals surface area contributed by atoms with E-state index in [-0.39, 0.29) is 84.0 Å². The van der Waals surface area contributed by atoms with Crippen LogP contribution in [-0.2, 0) is 76.3 Å². The molecule has 2 fully saturated rings. The molecule has 2 rings (SSSR count). The fourth-order valence-corrected chi connectivity index (χ4v) is 5.64. The molecular formula is C30H45KO17. The van der Waals surface area contributed by atoms with Crippen molar-refractivity contribution < 1.29 is 133 Å². The Morgan fingerprint density at radius 2 is 0.792 bits per heavy atom. The Morgan fingerprint density at radius 3 is 1.02 bits per heavy atom. The van der Waals surface area contributed by atoms with Gasteiger partial charge >= 0.3 is 87.2 Å². The molecular weight excluding hydrogens is 671 g/mol. The Bertz CT molecular complexity index is 1010. The molecule has 8 unspecified atom stereocenters. The Balaban J connectivity index is 0. The Labute approximate surface area is 321 Å². The van der Waals surface area contributed by atoms with Gasteiger partial charge in [0.05, 0.1) is 91.4 Å². The van der Waals surface area contributed by atoms with Crippen LogP contribution in [0, 0.1) is 47.3 Å². The van der Waals surface area contributed by atoms with Gasteiger partial charge in [-0.1, -0.05) is 20.8 Å². The quantitative estimate of drug-likeness (QED) is 0.0816. The zero-order valence-electron chi connectivity index (χ0n) is 29.0. The maximum Gasteiger partial charge on any atom is 1.00 e. The molecule has 0 bridgehead atoms. The zero-order chi connectivity index (χ0) is 36.5. The van der Waals surface area contributed by atoms with Crippen LogP contribution in [0.1, 0.15) is 33.6 Å². The standard InChI is InChI=1S/2C13H18O8.C4H9O.K/c1-18-12(16)10-8(4-20-6-14)3-9(5-21-7-15)11(10)13(17)19-2;1-18-10(14)6-5-7(11(15)19-2)9(13(17)21-4)8(6)12(16)20-3;1-4(2,3)5;/h6-11H,3-5H2,1-2H3;6-9H,5H2,1-4H3;1-3H3;/q;;-1;+1. The molecule has 0 saturated heterocycles. The van der Waals surface area contributed by atoms with E-state index in [0.29, 0.717) is 6.42 Å². The average molecular weight is 717 g/mol. The summed E-state index contributed by atoms with van der Waals surface area (Å²) in [7, 11) is 7.02. The second kappa shape index (κ2) is 23.7. The minimum absolute atomic E-state index is 0. The van der Waals surface area contributed by atoms with Crippen LogP contribution < -0.4 is 56.5 Å². The van der Waals surface area contributed by atoms with Crippen LogP contribution in [0.15, 0.2) is 0 Å². The minimum Gasteiger partial charge on any atom is -0.850 e. The van der Waals surface area contributed by atoms with Crippen molar-refractivity contribution in [2.45, 2.75) is 39.2 Å². The molecule has 18 heteroatoms. The van der Waals surface area contributed by atoms with Crippen molar-refractivity contribution in [1.82, 2.24) is 0 Å². The molecule has 0 amide bonds. The fourth-order valence-electron chi connectivity index (χ4n) is 5.64. The molecule has 2 saturated carbocycles. The van der Waals surface area contributed by atoms with Gasteiger partial charge in [-0.25, -0.2) is 0 Å². The second-order valence-electron chi connectivity index (χ2n) is 11.4. The minimum atomic E-state index is -1.14. The molecule has 0 aliphatic heterocycles. The van der Waals surface area contributed by atoms with E-state index in [4.69, 9.17) is 18.9 Å². The zero-order valence-corrected chi connectivity index (χ0v) is 32.2. The predicted molar refractivity (Wildman–Crippen MR) is 153 cm³/mol. The molecule has 0 spiro atoms. The topological polar surface area (TPSA) is 233 Å². The van der Waals surface area contributed by atoms with E-state index in [9.17, 15) is 43.5 Å². The Morgan fingerprint density at radius 1 is 0.542 bits per heavy atom. The van der Waals surface area contributed by atoms with E-state index < -0.39 is 88.8 Å². The molecule has 0 N–H and O–H groups in total. The molecule has 2 aliphatic carbocycles. The summed E-state index contributed by atoms with van der Waals surface area (Å²) in [5, 5.41) is 10.1. The van der Waals surface area contributed by atoms with Gasteiger partial charge in [0, 0.05) is 11.8 Å². The first-order chi connectivity index (χ1) is 22.0. The van der Waals surface area contributed by atoms with Crippen LogP contribution in [0.4, 0.5) is 0 Å². The molecule has 2 aliphatic rings. The smallest absolute Gasteiger partial charge is 0.850 e. The fraction of sp³-hybridized carbons (Fsp3) is 0.733. The summed E-state index contributed by atoms with van der Waals surface area (Å²) >= 11 is 0. The van der Waals surface area contributed by atoms with Crippen molar-refractivity contribution in [2.24, 2.45) is 47.3 Å². The van der Waals surface area contributed by atoms with Crippen LogP contribution >= 0.6 is 0 Å². The number of carbonyl (C=O) groups is 8. The Kier molecular flexibility index (Phi) is 23.4. The van der Waals surface area contributed by atoms with Crippen molar-refractivity contribution in [2.75, 3.05) is 55.9 Å². The first-order valence-electron chi connectivity index (χ1n) is 14.3. The average Bonchev–Trinajstić information content (AvgIpc) is 3.63. The molecule has 0 heterocycles. The summed E-state index contributed by atoms with van der Waals surface area (Å²) in [6, 6.07) is 0. The van der Waals surface area contributed by atoms with E-state index in [0.717, 1.165) is 28.4 Å². The summed E-state index contributed by atoms with van der Waals surface area (Å²) < 4.78 is 37.4. The van der Waals surface area contributed by atoms with Crippen LogP contribution in [0.2, 0.25) is 0 Å². The van der Waals surface area contributed by atoms with Crippen molar-refractivity contribution in [1.29, 1.82) is 0 Å². The number of ether oxygens (including phenoxy) is 8. The molecule has 17 nitrogen and oxygen atoms in total. The third-order valence-electron chi connectivity index (χ3n) is 7.43. The van der Waals surface area contributed by atoms with E-state index in [2.05, 4.69) is 18.9 Å². The third kappa shape index (κ3) is 14.5. The summed E-state index contributed by atoms with van der Waals surface area (Å²) in [6.07, 6.45) is 0.333. The molecule has 0 aromatic rings. The number of rotatable bonds is 12. The first-order valence-corrected chi connectivity index (χ1v) is 14.3. The van der Waals surface area contributed by atoms with Gasteiger partial charge < -0.3 is 43.0 Å². The van der Waals surface area contributed by atoms with E-state index in [1.54, 1.807) is 20.8 Å². The molecule has 8 atom stereocenters. The molecule has 0 aromatic carbocycles. The van der Waals surface area contributed by atoms with Gasteiger partial charge in [-0.3, -0.25) is 38.4 Å². The number of hydrogen-bond acceptors (Lipinski definition) is 17. The summed E-state index contributed by atoms with van der Waals surface area (Å²) in [4.78, 5) is 92.1. The van der Waals surface area contributed by atoms with Crippen LogP contribution in [0.3, 0.4) is 0 Å². The third-order valence-corrected chi connectivity index (χ3v) is 7.43. The number of hydrogen-bond donors (Lipinski definition) is 0. The van der Waals surface area contributed by atoms with Crippen molar-refractivity contribution in [3.63, 3.8) is 0 Å². The van der Waals surface area contributed by atoms with Gasteiger partial charge in [0.25, 0.3) is 12.9 Å². The number of methoxy groups -OCH3 is 6. The number of esters is 6. The second-order valence-corrected chi connectivity index (χ2v) is 11.4. The van der Waals surface area contributed by atoms with Crippen molar-refractivity contribution in [3.05, 3.63) is 0 Å². The maximum absolute atomic E-state index is 12.0. The van der Waals surface area contributed by atoms with Gasteiger partial charge in [-0.15, -0.1) is 5.60 Å². The summed E-state index contributed by atoms with van der Waals surface area (Å²) in [6.45, 7) is 5.41. The molecule has 48 heavy (non-hydrogen) atoms. The van der Waals surface area contributed by atoms with Gasteiger partial charge in [-0.2, -0.15) is 0 Å². The normalized spacial score (nSPS) is 25.4. The molecule has 0 radical (unpaired) electrons. The van der Waals surface area contributed by atoms with Crippen molar-refractivity contribution >= 4 is 48.8 Å². The first kappa shape index (κ1) is 47.5. The van der Waals surface area contributed by atoms with Crippen molar-refractivity contribution in [3.8, 4) is 0 Å². The maximum atomic E-state index is 12.0. The Hall–Kier alpha value is -2.64. The SMILES string of the molecule is CC(C)(C)[O-].COC(=O)C1C(COC=O)CC(COC=O)C1C(=O)OC.COC(=O)C1CC(C(=O)OC)C(C(=O)OC)C1C(=O)OC.[K+]. The van der Waals surface area contributed by atoms with Crippen LogP contribution in [-0.4, -0.2) is 110 Å². The van der Waals surface area contributed by atoms with E-state index in [1.165, 1.54) is 14.2 Å². The largest absolute Gasteiger partial charge is 1.00 e. The van der Waals surface area contributed by atoms with Crippen LogP contribution in [0.5, 0.6) is 0 Å². The van der Waals surface area contributed by atoms with Gasteiger partial charge in [0.15, 0.2) is 0 Å². The predicted octanol–water partition coefficient (Wildman–Crippen LogP) is -3.76. The van der Waals surface area contributed by atoms with Gasteiger partial charge in [0.1, 0.15) is 0 Å². The van der Waals surface area contributed by atoms with Crippen LogP contribution in [0.25, 0.3) is 0 Å². The van der Waals surface area contributed by atoms with E-state index >= 15 is 0 Å². The summed E-state index contributed by atoms with van der Waals surface area (Å²) in [5.74, 6) is -10.7. The van der Waals surface area contributed by atoms with E-state index in [1.807, 2.05) is 0 Å². The monoisotopic (exact) mass is 716 g/mol.